The highest BCUT2D eigenvalue weighted by Gasteiger charge is 2.25. The van der Waals surface area contributed by atoms with Gasteiger partial charge in [0.2, 0.25) is 0 Å². The predicted molar refractivity (Wildman–Crippen MR) is 109 cm³/mol. The van der Waals surface area contributed by atoms with Crippen molar-refractivity contribution in [2.45, 2.75) is 52.6 Å². The third-order valence-electron chi connectivity index (χ3n) is 6.02. The van der Waals surface area contributed by atoms with Crippen LogP contribution in [0.15, 0.2) is 0 Å². The highest BCUT2D eigenvalue weighted by molar-refractivity contribution is 5.82. The summed E-state index contributed by atoms with van der Waals surface area (Å²) in [5, 5.41) is 0. The second-order valence-electron chi connectivity index (χ2n) is 8.51. The molecule has 0 aliphatic carbocycles. The maximum atomic E-state index is 12.2. The molecule has 0 aromatic rings. The van der Waals surface area contributed by atoms with Gasteiger partial charge in [-0.15, -0.1) is 0 Å². The number of ether oxygens (including phenoxy) is 2. The van der Waals surface area contributed by atoms with Gasteiger partial charge in [-0.2, -0.15) is 0 Å². The zero-order valence-corrected chi connectivity index (χ0v) is 18.0. The molecule has 6 nitrogen and oxygen atoms in total. The van der Waals surface area contributed by atoms with Gasteiger partial charge >= 0.3 is 0 Å². The minimum atomic E-state index is 0.186. The molecule has 0 unspecified atom stereocenters. The lowest BCUT2D eigenvalue weighted by molar-refractivity contribution is -0.129. The number of ketones is 1. The van der Waals surface area contributed by atoms with E-state index in [-0.39, 0.29) is 18.3 Å². The molecule has 0 spiro atoms. The molecule has 158 valence electrons. The van der Waals surface area contributed by atoms with Crippen LogP contribution < -0.4 is 0 Å². The summed E-state index contributed by atoms with van der Waals surface area (Å²) in [5.74, 6) is 0.451. The average molecular weight is 384 g/mol. The lowest BCUT2D eigenvalue weighted by Gasteiger charge is -2.36. The summed E-state index contributed by atoms with van der Waals surface area (Å²) >= 11 is 0. The third kappa shape index (κ3) is 8.16. The molecule has 0 amide bonds. The molecule has 2 fully saturated rings. The predicted octanol–water partition coefficient (Wildman–Crippen LogP) is 1.74. The number of likely N-dealkylation sites (tertiary alicyclic amines) is 1. The molecule has 0 radical (unpaired) electrons. The van der Waals surface area contributed by atoms with Crippen molar-refractivity contribution in [1.29, 1.82) is 0 Å². The highest BCUT2D eigenvalue weighted by atomic mass is 16.5. The quantitative estimate of drug-likeness (QED) is 0.507. The Morgan fingerprint density at radius 3 is 1.96 bits per heavy atom. The van der Waals surface area contributed by atoms with E-state index < -0.39 is 0 Å². The average Bonchev–Trinajstić information content (AvgIpc) is 2.67. The van der Waals surface area contributed by atoms with E-state index in [1.165, 1.54) is 0 Å². The first-order valence-electron chi connectivity index (χ1n) is 10.9. The first-order valence-corrected chi connectivity index (χ1v) is 10.9. The second kappa shape index (κ2) is 12.1. The number of piperidine rings is 1. The second-order valence-corrected chi connectivity index (χ2v) is 8.51. The summed E-state index contributed by atoms with van der Waals surface area (Å²) in [7, 11) is 0. The molecule has 2 rings (SSSR count). The van der Waals surface area contributed by atoms with Crippen LogP contribution >= 0.6 is 0 Å². The minimum Gasteiger partial charge on any atom is -0.378 e. The Balaban J connectivity index is 1.43. The molecule has 0 aromatic carbocycles. The van der Waals surface area contributed by atoms with E-state index in [0.29, 0.717) is 25.3 Å². The number of hydrogen-bond donors (Lipinski definition) is 0. The van der Waals surface area contributed by atoms with Crippen LogP contribution in [0, 0.1) is 5.92 Å². The van der Waals surface area contributed by atoms with E-state index in [1.807, 2.05) is 0 Å². The largest absolute Gasteiger partial charge is 0.378 e. The summed E-state index contributed by atoms with van der Waals surface area (Å²) in [6, 6.07) is 1.22. The molecule has 2 saturated heterocycles. The standard InChI is InChI=1S/C21H41N3O3/c1-18(2)23-7-5-20(6-8-23)21(25)17-27-16-15-26-14-13-22-9-11-24(12-10-22)19(3)4/h18-20H,5-17H2,1-4H3. The Kier molecular flexibility index (Phi) is 10.2. The Bertz CT molecular complexity index is 415. The monoisotopic (exact) mass is 383 g/mol. The maximum Gasteiger partial charge on any atom is 0.161 e. The SMILES string of the molecule is CC(C)N1CCC(C(=O)COCCOCCN2CCN(C(C)C)CC2)CC1. The summed E-state index contributed by atoms with van der Waals surface area (Å²) in [5.41, 5.74) is 0. The number of rotatable bonds is 11. The number of hydrogen-bond acceptors (Lipinski definition) is 6. The van der Waals surface area contributed by atoms with Crippen LogP contribution in [0.5, 0.6) is 0 Å². The Morgan fingerprint density at radius 1 is 0.815 bits per heavy atom. The molecule has 27 heavy (non-hydrogen) atoms. The lowest BCUT2D eigenvalue weighted by atomic mass is 9.92. The van der Waals surface area contributed by atoms with Crippen LogP contribution in [0.2, 0.25) is 0 Å². The van der Waals surface area contributed by atoms with Gasteiger partial charge < -0.3 is 14.4 Å². The van der Waals surface area contributed by atoms with Gasteiger partial charge in [0, 0.05) is 50.7 Å². The van der Waals surface area contributed by atoms with Gasteiger partial charge in [-0.25, -0.2) is 0 Å². The molecule has 0 aromatic heterocycles. The molecular formula is C21H41N3O3. The molecule has 0 N–H and O–H groups in total. The summed E-state index contributed by atoms with van der Waals surface area (Å²) < 4.78 is 11.2. The molecular weight excluding hydrogens is 342 g/mol. The van der Waals surface area contributed by atoms with Crippen molar-refractivity contribution in [1.82, 2.24) is 14.7 Å². The van der Waals surface area contributed by atoms with Crippen LogP contribution in [0.3, 0.4) is 0 Å². The van der Waals surface area contributed by atoms with Crippen molar-refractivity contribution < 1.29 is 14.3 Å². The molecule has 0 saturated carbocycles. The van der Waals surface area contributed by atoms with E-state index >= 15 is 0 Å². The molecule has 2 aliphatic heterocycles. The van der Waals surface area contributed by atoms with E-state index in [2.05, 4.69) is 42.4 Å². The topological polar surface area (TPSA) is 45.3 Å². The summed E-state index contributed by atoms with van der Waals surface area (Å²) in [6.45, 7) is 18.6. The number of carbonyl (C=O) groups excluding carboxylic acids is 1. The summed E-state index contributed by atoms with van der Waals surface area (Å²) in [4.78, 5) is 19.7. The van der Waals surface area contributed by atoms with E-state index in [1.54, 1.807) is 0 Å². The van der Waals surface area contributed by atoms with E-state index in [9.17, 15) is 4.79 Å². The molecule has 0 bridgehead atoms. The Morgan fingerprint density at radius 2 is 1.37 bits per heavy atom. The van der Waals surface area contributed by atoms with E-state index in [4.69, 9.17) is 9.47 Å². The first kappa shape index (κ1) is 22.8. The van der Waals surface area contributed by atoms with Crippen LogP contribution in [0.1, 0.15) is 40.5 Å². The van der Waals surface area contributed by atoms with Crippen LogP contribution in [0.25, 0.3) is 0 Å². The number of Topliss-reactive ketones (excluding diaryl/α,β-unsaturated/α-hetero) is 1. The third-order valence-corrected chi connectivity index (χ3v) is 6.02. The van der Waals surface area contributed by atoms with Gasteiger partial charge in [0.05, 0.1) is 19.8 Å². The minimum absolute atomic E-state index is 0.186. The molecule has 0 atom stereocenters. The number of carbonyl (C=O) groups is 1. The summed E-state index contributed by atoms with van der Waals surface area (Å²) in [6.07, 6.45) is 1.95. The van der Waals surface area contributed by atoms with Gasteiger partial charge in [0.15, 0.2) is 5.78 Å². The van der Waals surface area contributed by atoms with Crippen molar-refractivity contribution in [3.8, 4) is 0 Å². The molecule has 6 heteroatoms. The van der Waals surface area contributed by atoms with Crippen molar-refractivity contribution in [2.24, 2.45) is 5.92 Å². The fourth-order valence-electron chi connectivity index (χ4n) is 3.95. The molecule has 2 heterocycles. The zero-order chi connectivity index (χ0) is 19.6. The van der Waals surface area contributed by atoms with E-state index in [0.717, 1.165) is 65.3 Å². The zero-order valence-electron chi connectivity index (χ0n) is 18.0. The van der Waals surface area contributed by atoms with Crippen LogP contribution in [-0.2, 0) is 14.3 Å². The van der Waals surface area contributed by atoms with Crippen molar-refractivity contribution >= 4 is 5.78 Å². The van der Waals surface area contributed by atoms with Crippen molar-refractivity contribution in [3.63, 3.8) is 0 Å². The van der Waals surface area contributed by atoms with Gasteiger partial charge in [-0.1, -0.05) is 0 Å². The van der Waals surface area contributed by atoms with Gasteiger partial charge in [0.1, 0.15) is 6.61 Å². The van der Waals surface area contributed by atoms with Gasteiger partial charge in [0.25, 0.3) is 0 Å². The number of nitrogens with zero attached hydrogens (tertiary/aromatic N) is 3. The Hall–Kier alpha value is -0.530. The highest BCUT2D eigenvalue weighted by Crippen LogP contribution is 2.19. The Labute approximate surface area is 166 Å². The lowest BCUT2D eigenvalue weighted by Crippen LogP contribution is -2.49. The fraction of sp³-hybridized carbons (Fsp3) is 0.952. The molecule has 2 aliphatic rings. The van der Waals surface area contributed by atoms with Gasteiger partial charge in [-0.3, -0.25) is 14.6 Å². The smallest absolute Gasteiger partial charge is 0.161 e. The van der Waals surface area contributed by atoms with Gasteiger partial charge in [-0.05, 0) is 53.6 Å². The first-order chi connectivity index (χ1) is 13.0. The van der Waals surface area contributed by atoms with Crippen molar-refractivity contribution in [2.75, 3.05) is 72.2 Å². The number of piperazine rings is 1. The fourth-order valence-corrected chi connectivity index (χ4v) is 3.95. The maximum absolute atomic E-state index is 12.2. The van der Waals surface area contributed by atoms with Crippen LogP contribution in [-0.4, -0.2) is 105 Å². The normalized spacial score (nSPS) is 21.4. The van der Waals surface area contributed by atoms with Crippen LogP contribution in [0.4, 0.5) is 0 Å². The van der Waals surface area contributed by atoms with Crippen molar-refractivity contribution in [3.05, 3.63) is 0 Å².